The molecule has 2 aromatic carbocycles. The molecule has 6 nitrogen and oxygen atoms in total. The number of amides is 1. The lowest BCUT2D eigenvalue weighted by Gasteiger charge is -2.35. The molecule has 0 aliphatic carbocycles. The molecule has 0 N–H and O–H groups in total. The molecule has 0 atom stereocenters. The monoisotopic (exact) mass is 441 g/mol. The molecule has 0 bridgehead atoms. The minimum absolute atomic E-state index is 0.0424. The fourth-order valence-electron chi connectivity index (χ4n) is 3.11. The molecule has 1 amide bonds. The number of nitrogens with zero attached hydrogens (tertiary/aromatic N) is 3. The van der Waals surface area contributed by atoms with E-state index in [2.05, 4.69) is 0 Å². The Labute approximate surface area is 175 Å². The van der Waals surface area contributed by atoms with Crippen molar-refractivity contribution in [1.82, 2.24) is 9.21 Å². The summed E-state index contributed by atoms with van der Waals surface area (Å²) in [5.41, 5.74) is 0.949. The van der Waals surface area contributed by atoms with Crippen LogP contribution in [0.1, 0.15) is 0 Å². The van der Waals surface area contributed by atoms with Gasteiger partial charge in [-0.3, -0.25) is 4.79 Å². The standard InChI is InChI=1S/C19H21Cl2N3O3S/c1-22(15-6-3-2-4-7-15)14-18(25)23-10-12-24(13-11-23)28(26,27)19-16(20)8-5-9-17(19)21/h2-9H,10-14H2,1H3. The highest BCUT2D eigenvalue weighted by Crippen LogP contribution is 2.31. The number of piperazine rings is 1. The number of hydrogen-bond donors (Lipinski definition) is 0. The number of sulfonamides is 1. The van der Waals surface area contributed by atoms with E-state index in [9.17, 15) is 13.2 Å². The van der Waals surface area contributed by atoms with Gasteiger partial charge in [-0.05, 0) is 24.3 Å². The molecule has 9 heteroatoms. The van der Waals surface area contributed by atoms with Crippen molar-refractivity contribution in [1.29, 1.82) is 0 Å². The highest BCUT2D eigenvalue weighted by atomic mass is 35.5. The number of rotatable bonds is 5. The maximum atomic E-state index is 12.9. The number of benzene rings is 2. The SMILES string of the molecule is CN(CC(=O)N1CCN(S(=O)(=O)c2c(Cl)cccc2Cl)CC1)c1ccccc1. The first kappa shape index (κ1) is 20.9. The van der Waals surface area contributed by atoms with E-state index < -0.39 is 10.0 Å². The van der Waals surface area contributed by atoms with Gasteiger partial charge in [0.05, 0.1) is 16.6 Å². The zero-order valence-corrected chi connectivity index (χ0v) is 17.7. The Kier molecular flexibility index (Phi) is 6.50. The molecule has 0 unspecified atom stereocenters. The molecule has 1 aliphatic rings. The van der Waals surface area contributed by atoms with Crippen molar-refractivity contribution in [3.8, 4) is 0 Å². The molecule has 3 rings (SSSR count). The molecule has 2 aromatic rings. The van der Waals surface area contributed by atoms with E-state index >= 15 is 0 Å². The molecule has 1 saturated heterocycles. The lowest BCUT2D eigenvalue weighted by Crippen LogP contribution is -2.52. The third kappa shape index (κ3) is 4.43. The summed E-state index contributed by atoms with van der Waals surface area (Å²) in [6.07, 6.45) is 0. The zero-order chi connectivity index (χ0) is 20.3. The Hall–Kier alpha value is -1.80. The van der Waals surface area contributed by atoms with E-state index in [1.54, 1.807) is 11.0 Å². The minimum Gasteiger partial charge on any atom is -0.365 e. The van der Waals surface area contributed by atoms with E-state index in [1.807, 2.05) is 42.3 Å². The quantitative estimate of drug-likeness (QED) is 0.715. The highest BCUT2D eigenvalue weighted by Gasteiger charge is 2.33. The van der Waals surface area contributed by atoms with Gasteiger partial charge < -0.3 is 9.80 Å². The van der Waals surface area contributed by atoms with Crippen molar-refractivity contribution in [3.63, 3.8) is 0 Å². The van der Waals surface area contributed by atoms with Gasteiger partial charge in [0.15, 0.2) is 0 Å². The fourth-order valence-corrected chi connectivity index (χ4v) is 5.63. The summed E-state index contributed by atoms with van der Waals surface area (Å²) in [7, 11) is -1.96. The van der Waals surface area contributed by atoms with Crippen molar-refractivity contribution in [3.05, 3.63) is 58.6 Å². The second-order valence-corrected chi connectivity index (χ2v) is 9.22. The van der Waals surface area contributed by atoms with Crippen molar-refractivity contribution < 1.29 is 13.2 Å². The Balaban J connectivity index is 1.63. The predicted molar refractivity (Wildman–Crippen MR) is 112 cm³/mol. The Morgan fingerprint density at radius 2 is 1.54 bits per heavy atom. The summed E-state index contributed by atoms with van der Waals surface area (Å²) < 4.78 is 27.2. The first-order valence-corrected chi connectivity index (χ1v) is 11.0. The Bertz CT molecular complexity index is 926. The van der Waals surface area contributed by atoms with Gasteiger partial charge in [-0.25, -0.2) is 8.42 Å². The van der Waals surface area contributed by atoms with Gasteiger partial charge in [0.2, 0.25) is 15.9 Å². The number of halogens is 2. The Morgan fingerprint density at radius 3 is 2.11 bits per heavy atom. The summed E-state index contributed by atoms with van der Waals surface area (Å²) in [6.45, 7) is 1.27. The van der Waals surface area contributed by atoms with Crippen LogP contribution < -0.4 is 4.90 Å². The van der Waals surface area contributed by atoms with Crippen LogP contribution in [0.4, 0.5) is 5.69 Å². The van der Waals surface area contributed by atoms with E-state index in [1.165, 1.54) is 16.4 Å². The van der Waals surface area contributed by atoms with E-state index in [0.717, 1.165) is 5.69 Å². The van der Waals surface area contributed by atoms with Gasteiger partial charge in [-0.15, -0.1) is 0 Å². The molecule has 0 saturated carbocycles. The fraction of sp³-hybridized carbons (Fsp3) is 0.316. The van der Waals surface area contributed by atoms with Crippen LogP contribution in [0.3, 0.4) is 0 Å². The minimum atomic E-state index is -3.82. The van der Waals surface area contributed by atoms with Crippen LogP contribution in [0.2, 0.25) is 10.0 Å². The second kappa shape index (κ2) is 8.69. The lowest BCUT2D eigenvalue weighted by atomic mass is 10.3. The number of hydrogen-bond acceptors (Lipinski definition) is 4. The van der Waals surface area contributed by atoms with Crippen LogP contribution in [-0.4, -0.2) is 63.3 Å². The predicted octanol–water partition coefficient (Wildman–Crippen LogP) is 2.96. The summed E-state index contributed by atoms with van der Waals surface area (Å²) in [6, 6.07) is 14.2. The normalized spacial score (nSPS) is 15.5. The molecule has 150 valence electrons. The van der Waals surface area contributed by atoms with Crippen LogP contribution in [0.5, 0.6) is 0 Å². The first-order valence-electron chi connectivity index (χ1n) is 8.79. The molecule has 1 aliphatic heterocycles. The van der Waals surface area contributed by atoms with Crippen molar-refractivity contribution in [2.75, 3.05) is 44.7 Å². The topological polar surface area (TPSA) is 60.9 Å². The Morgan fingerprint density at radius 1 is 0.964 bits per heavy atom. The zero-order valence-electron chi connectivity index (χ0n) is 15.4. The summed E-state index contributed by atoms with van der Waals surface area (Å²) in [4.78, 5) is 16.1. The van der Waals surface area contributed by atoms with E-state index in [0.29, 0.717) is 13.1 Å². The molecule has 1 heterocycles. The summed E-state index contributed by atoms with van der Waals surface area (Å²) in [5.74, 6) is -0.0424. The van der Waals surface area contributed by atoms with Crippen LogP contribution >= 0.6 is 23.2 Å². The van der Waals surface area contributed by atoms with E-state index in [4.69, 9.17) is 23.2 Å². The smallest absolute Gasteiger partial charge is 0.246 e. The highest BCUT2D eigenvalue weighted by molar-refractivity contribution is 7.89. The van der Waals surface area contributed by atoms with Crippen LogP contribution in [0.15, 0.2) is 53.4 Å². The molecule has 28 heavy (non-hydrogen) atoms. The molecule has 1 fully saturated rings. The van der Waals surface area contributed by atoms with Crippen LogP contribution in [0, 0.1) is 0 Å². The number of carbonyl (C=O) groups is 1. The average molecular weight is 442 g/mol. The average Bonchev–Trinajstić information content (AvgIpc) is 2.68. The number of likely N-dealkylation sites (N-methyl/N-ethyl adjacent to an activating group) is 1. The molecular formula is C19H21Cl2N3O3S. The van der Waals surface area contributed by atoms with E-state index in [-0.39, 0.29) is 40.5 Å². The largest absolute Gasteiger partial charge is 0.365 e. The van der Waals surface area contributed by atoms with Gasteiger partial charge in [0.1, 0.15) is 4.90 Å². The van der Waals surface area contributed by atoms with Crippen molar-refractivity contribution >= 4 is 44.8 Å². The number of anilines is 1. The molecule has 0 radical (unpaired) electrons. The third-order valence-corrected chi connectivity index (χ3v) is 7.53. The van der Waals surface area contributed by atoms with Crippen molar-refractivity contribution in [2.45, 2.75) is 4.90 Å². The summed E-state index contributed by atoms with van der Waals surface area (Å²) in [5, 5.41) is 0.186. The lowest BCUT2D eigenvalue weighted by molar-refractivity contribution is -0.130. The maximum absolute atomic E-state index is 12.9. The molecular weight excluding hydrogens is 421 g/mol. The molecule has 0 spiro atoms. The van der Waals surface area contributed by atoms with Crippen LogP contribution in [-0.2, 0) is 14.8 Å². The maximum Gasteiger partial charge on any atom is 0.246 e. The third-order valence-electron chi connectivity index (χ3n) is 4.68. The second-order valence-electron chi connectivity index (χ2n) is 6.53. The van der Waals surface area contributed by atoms with Gasteiger partial charge in [0, 0.05) is 38.9 Å². The van der Waals surface area contributed by atoms with Gasteiger partial charge >= 0.3 is 0 Å². The van der Waals surface area contributed by atoms with Gasteiger partial charge in [0.25, 0.3) is 0 Å². The summed E-state index contributed by atoms with van der Waals surface area (Å²) >= 11 is 12.1. The first-order chi connectivity index (χ1) is 13.3. The molecule has 0 aromatic heterocycles. The van der Waals surface area contributed by atoms with Gasteiger partial charge in [-0.1, -0.05) is 47.5 Å². The van der Waals surface area contributed by atoms with Crippen LogP contribution in [0.25, 0.3) is 0 Å². The number of para-hydroxylation sites is 1. The number of carbonyl (C=O) groups excluding carboxylic acids is 1. The van der Waals surface area contributed by atoms with Gasteiger partial charge in [-0.2, -0.15) is 4.31 Å². The van der Waals surface area contributed by atoms with Crippen molar-refractivity contribution in [2.24, 2.45) is 0 Å².